The van der Waals surface area contributed by atoms with Crippen molar-refractivity contribution in [3.05, 3.63) is 57.6 Å². The van der Waals surface area contributed by atoms with E-state index in [1.54, 1.807) is 19.1 Å². The molecule has 1 atom stereocenters. The van der Waals surface area contributed by atoms with Gasteiger partial charge in [0.2, 0.25) is 0 Å². The molecule has 0 aliphatic rings. The summed E-state index contributed by atoms with van der Waals surface area (Å²) in [5, 5.41) is 19.4. The van der Waals surface area contributed by atoms with Crippen LogP contribution < -0.4 is 5.63 Å². The molecule has 22 heavy (non-hydrogen) atoms. The number of ether oxygens (including phenoxy) is 1. The highest BCUT2D eigenvalue weighted by Crippen LogP contribution is 2.33. The van der Waals surface area contributed by atoms with Crippen LogP contribution in [0.5, 0.6) is 11.5 Å². The molecule has 0 aliphatic carbocycles. The zero-order valence-electron chi connectivity index (χ0n) is 12.2. The maximum absolute atomic E-state index is 12.1. The van der Waals surface area contributed by atoms with Gasteiger partial charge in [-0.25, -0.2) is 4.79 Å². The zero-order chi connectivity index (χ0) is 16.3. The highest BCUT2D eigenvalue weighted by molar-refractivity contribution is 5.71. The molecule has 116 valence electrons. The van der Waals surface area contributed by atoms with Gasteiger partial charge in [-0.2, -0.15) is 0 Å². The summed E-state index contributed by atoms with van der Waals surface area (Å²) in [5.41, 5.74) is -0.143. The fraction of sp³-hybridized carbons (Fsp3) is 0.250. The van der Waals surface area contributed by atoms with E-state index in [0.29, 0.717) is 5.56 Å². The van der Waals surface area contributed by atoms with Gasteiger partial charge in [0.25, 0.3) is 0 Å². The van der Waals surface area contributed by atoms with E-state index >= 15 is 0 Å². The average Bonchev–Trinajstić information content (AvgIpc) is 2.46. The molecule has 0 radical (unpaired) electrons. The van der Waals surface area contributed by atoms with Gasteiger partial charge in [0, 0.05) is 12.0 Å². The van der Waals surface area contributed by atoms with Crippen molar-refractivity contribution in [3.63, 3.8) is 0 Å². The molecule has 6 heteroatoms. The van der Waals surface area contributed by atoms with Crippen molar-refractivity contribution in [1.29, 1.82) is 0 Å². The Hall–Kier alpha value is -2.76. The van der Waals surface area contributed by atoms with Gasteiger partial charge in [0.1, 0.15) is 17.3 Å². The summed E-state index contributed by atoms with van der Waals surface area (Å²) in [7, 11) is 1.24. The van der Waals surface area contributed by atoms with E-state index in [9.17, 15) is 19.8 Å². The Kier molecular flexibility index (Phi) is 4.50. The lowest BCUT2D eigenvalue weighted by Gasteiger charge is -2.17. The first-order valence-corrected chi connectivity index (χ1v) is 6.61. The number of hydrogen-bond donors (Lipinski definition) is 2. The number of phenols is 1. The molecule has 0 fully saturated rings. The van der Waals surface area contributed by atoms with Crippen LogP contribution in [-0.2, 0) is 9.53 Å². The second-order valence-corrected chi connectivity index (χ2v) is 4.87. The van der Waals surface area contributed by atoms with Crippen LogP contribution in [0.3, 0.4) is 0 Å². The SMILES string of the molecule is COC(=O)CC(c1ccc(O)cc1)c1c(O)cc(C)oc1=O. The molecule has 0 bridgehead atoms. The largest absolute Gasteiger partial charge is 0.508 e. The molecule has 0 amide bonds. The topological polar surface area (TPSA) is 97.0 Å². The summed E-state index contributed by atoms with van der Waals surface area (Å²) in [6.07, 6.45) is -0.136. The normalized spacial score (nSPS) is 11.9. The number of benzene rings is 1. The van der Waals surface area contributed by atoms with Crippen LogP contribution in [0.25, 0.3) is 0 Å². The van der Waals surface area contributed by atoms with E-state index in [4.69, 9.17) is 4.42 Å². The van der Waals surface area contributed by atoms with Crippen LogP contribution >= 0.6 is 0 Å². The Morgan fingerprint density at radius 3 is 2.45 bits per heavy atom. The fourth-order valence-electron chi connectivity index (χ4n) is 2.27. The van der Waals surface area contributed by atoms with E-state index in [-0.39, 0.29) is 29.2 Å². The van der Waals surface area contributed by atoms with Gasteiger partial charge in [-0.05, 0) is 24.6 Å². The molecule has 6 nitrogen and oxygen atoms in total. The molecule has 2 N–H and O–H groups in total. The molecule has 1 aromatic heterocycles. The quantitative estimate of drug-likeness (QED) is 0.839. The monoisotopic (exact) mass is 304 g/mol. The zero-order valence-corrected chi connectivity index (χ0v) is 12.2. The molecule has 1 heterocycles. The number of aryl methyl sites for hydroxylation is 1. The van der Waals surface area contributed by atoms with Crippen molar-refractivity contribution in [2.45, 2.75) is 19.3 Å². The first-order valence-electron chi connectivity index (χ1n) is 6.61. The third-order valence-corrected chi connectivity index (χ3v) is 3.33. The lowest BCUT2D eigenvalue weighted by atomic mass is 9.89. The molecule has 0 aliphatic heterocycles. The molecule has 1 unspecified atom stereocenters. The predicted octanol–water partition coefficient (Wildman–Crippen LogP) is 2.05. The predicted molar refractivity (Wildman–Crippen MR) is 78.0 cm³/mol. The smallest absolute Gasteiger partial charge is 0.343 e. The van der Waals surface area contributed by atoms with Crippen molar-refractivity contribution in [3.8, 4) is 11.5 Å². The van der Waals surface area contributed by atoms with Crippen molar-refractivity contribution in [2.75, 3.05) is 7.11 Å². The summed E-state index contributed by atoms with van der Waals surface area (Å²) in [6, 6.07) is 7.34. The van der Waals surface area contributed by atoms with Crippen LogP contribution in [-0.4, -0.2) is 23.3 Å². The summed E-state index contributed by atoms with van der Waals surface area (Å²) in [5.74, 6) is -1.17. The number of carbonyl (C=O) groups is 1. The van der Waals surface area contributed by atoms with Gasteiger partial charge < -0.3 is 19.4 Å². The van der Waals surface area contributed by atoms with Gasteiger partial charge in [0.15, 0.2) is 0 Å². The van der Waals surface area contributed by atoms with E-state index in [2.05, 4.69) is 4.74 Å². The Bertz CT molecular complexity index is 729. The Morgan fingerprint density at radius 2 is 1.91 bits per heavy atom. The van der Waals surface area contributed by atoms with Crippen LogP contribution in [0.4, 0.5) is 0 Å². The van der Waals surface area contributed by atoms with Crippen LogP contribution in [0.1, 0.15) is 29.2 Å². The minimum Gasteiger partial charge on any atom is -0.508 e. The minimum atomic E-state index is -0.732. The highest BCUT2D eigenvalue weighted by Gasteiger charge is 2.26. The second-order valence-electron chi connectivity index (χ2n) is 4.87. The van der Waals surface area contributed by atoms with E-state index in [1.165, 1.54) is 25.3 Å². The first kappa shape index (κ1) is 15.6. The lowest BCUT2D eigenvalue weighted by molar-refractivity contribution is -0.140. The van der Waals surface area contributed by atoms with Crippen molar-refractivity contribution in [1.82, 2.24) is 0 Å². The number of methoxy groups -OCH3 is 1. The van der Waals surface area contributed by atoms with Crippen molar-refractivity contribution >= 4 is 5.97 Å². The van der Waals surface area contributed by atoms with Gasteiger partial charge in [0.05, 0.1) is 19.1 Å². The van der Waals surface area contributed by atoms with Gasteiger partial charge >= 0.3 is 11.6 Å². The van der Waals surface area contributed by atoms with E-state index < -0.39 is 17.5 Å². The fourth-order valence-corrected chi connectivity index (χ4v) is 2.27. The van der Waals surface area contributed by atoms with Crippen molar-refractivity contribution in [2.24, 2.45) is 0 Å². The van der Waals surface area contributed by atoms with E-state index in [1.807, 2.05) is 0 Å². The molecule has 0 saturated heterocycles. The van der Waals surface area contributed by atoms with Gasteiger partial charge in [-0.1, -0.05) is 12.1 Å². The number of carbonyl (C=O) groups excluding carboxylic acids is 1. The molecular formula is C16H16O6. The Balaban J connectivity index is 2.56. The molecule has 2 aromatic rings. The summed E-state index contributed by atoms with van der Waals surface area (Å²) >= 11 is 0. The first-order chi connectivity index (χ1) is 10.4. The average molecular weight is 304 g/mol. The summed E-state index contributed by atoms with van der Waals surface area (Å²) in [6.45, 7) is 1.54. The highest BCUT2D eigenvalue weighted by atomic mass is 16.5. The number of aromatic hydroxyl groups is 2. The molecule has 2 rings (SSSR count). The van der Waals surface area contributed by atoms with Crippen LogP contribution in [0.2, 0.25) is 0 Å². The minimum absolute atomic E-state index is 0.0123. The molecular weight excluding hydrogens is 288 g/mol. The second kappa shape index (κ2) is 6.34. The summed E-state index contributed by atoms with van der Waals surface area (Å²) in [4.78, 5) is 23.7. The number of hydrogen-bond acceptors (Lipinski definition) is 6. The Morgan fingerprint density at radius 1 is 1.27 bits per heavy atom. The molecule has 0 saturated carbocycles. The van der Waals surface area contributed by atoms with Crippen LogP contribution in [0.15, 0.2) is 39.5 Å². The molecule has 0 spiro atoms. The third-order valence-electron chi connectivity index (χ3n) is 3.33. The number of esters is 1. The van der Waals surface area contributed by atoms with Gasteiger partial charge in [-0.3, -0.25) is 4.79 Å². The van der Waals surface area contributed by atoms with Crippen molar-refractivity contribution < 1.29 is 24.2 Å². The molecule has 1 aromatic carbocycles. The third kappa shape index (κ3) is 3.28. The van der Waals surface area contributed by atoms with E-state index in [0.717, 1.165) is 0 Å². The number of phenolic OH excluding ortho intramolecular Hbond substituents is 1. The van der Waals surface area contributed by atoms with Gasteiger partial charge in [-0.15, -0.1) is 0 Å². The number of rotatable bonds is 4. The van der Waals surface area contributed by atoms with Crippen LogP contribution in [0, 0.1) is 6.92 Å². The summed E-state index contributed by atoms with van der Waals surface area (Å²) < 4.78 is 9.66. The maximum atomic E-state index is 12.1. The lowest BCUT2D eigenvalue weighted by Crippen LogP contribution is -2.18. The Labute approximate surface area is 126 Å². The standard InChI is InChI=1S/C16H16O6/c1-9-7-13(18)15(16(20)22-9)12(8-14(19)21-2)10-3-5-11(17)6-4-10/h3-7,12,17-18H,8H2,1-2H3. The maximum Gasteiger partial charge on any atom is 0.343 e.